The number of amides is 1. The number of carbonyl (C=O) groups is 1. The molecule has 0 saturated heterocycles. The Morgan fingerprint density at radius 2 is 1.94 bits per heavy atom. The number of hydrogen-bond donors (Lipinski definition) is 3. The molecular weight excluding hydrogens is 490 g/mol. The third kappa shape index (κ3) is 5.93. The number of unbranched alkanes of at least 4 members (excludes halogenated alkanes) is 2. The number of aryl methyl sites for hydroxylation is 1. The van der Waals surface area contributed by atoms with Crippen LogP contribution in [0, 0.1) is 5.92 Å². The molecule has 1 amide bonds. The molecule has 2 aromatic rings. The standard InChI is InChI=1S/C29H36BrNO3/c1-5-6-7-10-20-16-25(32)27(23-15-19(4)13-14-22(23)18(2)3)28(33)26(20)29(34)31-17-21-11-8-9-12-24(21)30/h8-9,11-12,15-16,22-23,32-33H,2,5-7,10,13-14,17H2,1,3-4H3,(H,31,34). The van der Waals surface area contributed by atoms with E-state index in [2.05, 4.69) is 47.7 Å². The Morgan fingerprint density at radius 3 is 2.62 bits per heavy atom. The van der Waals surface area contributed by atoms with Crippen molar-refractivity contribution >= 4 is 21.8 Å². The second-order valence-corrected chi connectivity index (χ2v) is 10.3. The smallest absolute Gasteiger partial charge is 0.255 e. The number of carbonyl (C=O) groups excluding carboxylic acids is 1. The number of hydrogen-bond acceptors (Lipinski definition) is 3. The summed E-state index contributed by atoms with van der Waals surface area (Å²) in [6, 6.07) is 9.42. The van der Waals surface area contributed by atoms with Gasteiger partial charge in [0.25, 0.3) is 5.91 Å². The zero-order valence-electron chi connectivity index (χ0n) is 20.5. The molecule has 5 heteroatoms. The molecule has 0 aromatic heterocycles. The number of rotatable bonds is 9. The van der Waals surface area contributed by atoms with Crippen molar-refractivity contribution < 1.29 is 15.0 Å². The molecule has 0 spiro atoms. The minimum atomic E-state index is -0.329. The van der Waals surface area contributed by atoms with Gasteiger partial charge < -0.3 is 15.5 Å². The summed E-state index contributed by atoms with van der Waals surface area (Å²) in [6.45, 7) is 10.7. The molecule has 2 atom stereocenters. The van der Waals surface area contributed by atoms with E-state index < -0.39 is 0 Å². The van der Waals surface area contributed by atoms with Crippen LogP contribution < -0.4 is 5.32 Å². The van der Waals surface area contributed by atoms with Crippen LogP contribution >= 0.6 is 15.9 Å². The van der Waals surface area contributed by atoms with Gasteiger partial charge >= 0.3 is 0 Å². The Kier molecular flexibility index (Phi) is 9.01. The summed E-state index contributed by atoms with van der Waals surface area (Å²) in [5, 5.41) is 25.5. The van der Waals surface area contributed by atoms with Crippen LogP contribution in [0.25, 0.3) is 0 Å². The SMILES string of the molecule is C=C(C)C1CCC(C)=CC1c1c(O)cc(CCCCC)c(C(=O)NCc2ccccc2Br)c1O. The first-order valence-electron chi connectivity index (χ1n) is 12.2. The van der Waals surface area contributed by atoms with E-state index in [-0.39, 0.29) is 34.8 Å². The number of halogens is 1. The van der Waals surface area contributed by atoms with Gasteiger partial charge in [0, 0.05) is 22.5 Å². The van der Waals surface area contributed by atoms with Crippen LogP contribution in [0.3, 0.4) is 0 Å². The Hall–Kier alpha value is -2.53. The van der Waals surface area contributed by atoms with Crippen molar-refractivity contribution in [1.29, 1.82) is 0 Å². The molecule has 0 heterocycles. The van der Waals surface area contributed by atoms with Crippen molar-refractivity contribution in [2.45, 2.75) is 71.8 Å². The third-order valence-electron chi connectivity index (χ3n) is 6.79. The molecular formula is C29H36BrNO3. The molecule has 4 nitrogen and oxygen atoms in total. The molecule has 34 heavy (non-hydrogen) atoms. The fourth-order valence-corrected chi connectivity index (χ4v) is 5.30. The molecule has 0 fully saturated rings. The molecule has 1 aliphatic carbocycles. The molecule has 2 unspecified atom stereocenters. The maximum atomic E-state index is 13.4. The monoisotopic (exact) mass is 525 g/mol. The first kappa shape index (κ1) is 26.1. The van der Waals surface area contributed by atoms with Gasteiger partial charge in [-0.05, 0) is 68.7 Å². The molecule has 0 radical (unpaired) electrons. The number of phenols is 2. The molecule has 2 aromatic carbocycles. The van der Waals surface area contributed by atoms with Crippen LogP contribution in [0.15, 0.2) is 58.6 Å². The van der Waals surface area contributed by atoms with Gasteiger partial charge in [0.15, 0.2) is 0 Å². The number of phenolic OH excluding ortho intramolecular Hbond substituents is 2. The van der Waals surface area contributed by atoms with Crippen LogP contribution in [0.5, 0.6) is 11.5 Å². The van der Waals surface area contributed by atoms with E-state index >= 15 is 0 Å². The fourth-order valence-electron chi connectivity index (χ4n) is 4.88. The molecule has 3 N–H and O–H groups in total. The highest BCUT2D eigenvalue weighted by atomic mass is 79.9. The van der Waals surface area contributed by atoms with Gasteiger partial charge in [0.1, 0.15) is 11.5 Å². The maximum Gasteiger partial charge on any atom is 0.255 e. The van der Waals surface area contributed by atoms with E-state index in [1.807, 2.05) is 31.2 Å². The van der Waals surface area contributed by atoms with Crippen LogP contribution in [-0.2, 0) is 13.0 Å². The zero-order valence-corrected chi connectivity index (χ0v) is 22.0. The van der Waals surface area contributed by atoms with Gasteiger partial charge in [-0.25, -0.2) is 0 Å². The van der Waals surface area contributed by atoms with Gasteiger partial charge in [0.2, 0.25) is 0 Å². The lowest BCUT2D eigenvalue weighted by atomic mass is 9.73. The first-order valence-corrected chi connectivity index (χ1v) is 13.0. The highest BCUT2D eigenvalue weighted by Crippen LogP contribution is 2.48. The van der Waals surface area contributed by atoms with E-state index in [9.17, 15) is 15.0 Å². The van der Waals surface area contributed by atoms with Gasteiger partial charge in [-0.1, -0.05) is 77.7 Å². The molecule has 1 aliphatic rings. The van der Waals surface area contributed by atoms with E-state index in [1.54, 1.807) is 6.07 Å². The molecule has 0 saturated carbocycles. The van der Waals surface area contributed by atoms with Gasteiger partial charge in [0.05, 0.1) is 5.56 Å². The van der Waals surface area contributed by atoms with Crippen LogP contribution in [0.4, 0.5) is 0 Å². The van der Waals surface area contributed by atoms with E-state index in [0.717, 1.165) is 47.7 Å². The fraction of sp³-hybridized carbons (Fsp3) is 0.414. The van der Waals surface area contributed by atoms with E-state index in [1.165, 1.54) is 5.57 Å². The average Bonchev–Trinajstić information content (AvgIpc) is 2.78. The number of aromatic hydroxyl groups is 2. The van der Waals surface area contributed by atoms with E-state index in [4.69, 9.17) is 0 Å². The number of allylic oxidation sites excluding steroid dienone is 3. The predicted molar refractivity (Wildman–Crippen MR) is 142 cm³/mol. The van der Waals surface area contributed by atoms with Crippen LogP contribution in [0.1, 0.15) is 85.8 Å². The minimum Gasteiger partial charge on any atom is -0.507 e. The highest BCUT2D eigenvalue weighted by molar-refractivity contribution is 9.10. The summed E-state index contributed by atoms with van der Waals surface area (Å²) in [7, 11) is 0. The summed E-state index contributed by atoms with van der Waals surface area (Å²) in [4.78, 5) is 13.4. The first-order chi connectivity index (χ1) is 16.2. The Bertz CT molecular complexity index is 1090. The van der Waals surface area contributed by atoms with Crippen molar-refractivity contribution in [3.8, 4) is 11.5 Å². The van der Waals surface area contributed by atoms with Crippen molar-refractivity contribution in [2.24, 2.45) is 5.92 Å². The van der Waals surface area contributed by atoms with Crippen LogP contribution in [-0.4, -0.2) is 16.1 Å². The second kappa shape index (κ2) is 11.7. The lowest BCUT2D eigenvalue weighted by Crippen LogP contribution is -2.25. The minimum absolute atomic E-state index is 0.0496. The highest BCUT2D eigenvalue weighted by Gasteiger charge is 2.33. The number of nitrogens with one attached hydrogen (secondary N) is 1. The normalized spacial score (nSPS) is 17.8. The quantitative estimate of drug-likeness (QED) is 0.234. The summed E-state index contributed by atoms with van der Waals surface area (Å²) in [6.07, 6.45) is 7.55. The zero-order chi connectivity index (χ0) is 24.8. The summed E-state index contributed by atoms with van der Waals surface area (Å²) in [5.74, 6) is -0.510. The maximum absolute atomic E-state index is 13.4. The van der Waals surface area contributed by atoms with Gasteiger partial charge in [-0.2, -0.15) is 0 Å². The largest absolute Gasteiger partial charge is 0.507 e. The lowest BCUT2D eigenvalue weighted by molar-refractivity contribution is 0.0947. The molecule has 0 aliphatic heterocycles. The lowest BCUT2D eigenvalue weighted by Gasteiger charge is -2.32. The topological polar surface area (TPSA) is 69.6 Å². The average molecular weight is 527 g/mol. The van der Waals surface area contributed by atoms with Gasteiger partial charge in [-0.3, -0.25) is 4.79 Å². The third-order valence-corrected chi connectivity index (χ3v) is 7.56. The van der Waals surface area contributed by atoms with Crippen molar-refractivity contribution in [3.05, 3.63) is 80.9 Å². The summed E-state index contributed by atoms with van der Waals surface area (Å²) in [5.41, 5.74) is 4.56. The Labute approximate surface area is 211 Å². The van der Waals surface area contributed by atoms with Gasteiger partial charge in [-0.15, -0.1) is 0 Å². The predicted octanol–water partition coefficient (Wildman–Crippen LogP) is 7.54. The summed E-state index contributed by atoms with van der Waals surface area (Å²) < 4.78 is 0.918. The molecule has 3 rings (SSSR count). The van der Waals surface area contributed by atoms with Crippen LogP contribution in [0.2, 0.25) is 0 Å². The Balaban J connectivity index is 2.04. The van der Waals surface area contributed by atoms with Crippen molar-refractivity contribution in [3.63, 3.8) is 0 Å². The molecule has 0 bridgehead atoms. The molecule has 182 valence electrons. The van der Waals surface area contributed by atoms with Crippen molar-refractivity contribution in [2.75, 3.05) is 0 Å². The van der Waals surface area contributed by atoms with E-state index in [0.29, 0.717) is 24.1 Å². The second-order valence-electron chi connectivity index (χ2n) is 9.45. The van der Waals surface area contributed by atoms with Crippen molar-refractivity contribution in [1.82, 2.24) is 5.32 Å². The summed E-state index contributed by atoms with van der Waals surface area (Å²) >= 11 is 3.52. The Morgan fingerprint density at radius 1 is 1.21 bits per heavy atom. The number of benzene rings is 2.